The first-order valence-corrected chi connectivity index (χ1v) is 8.02. The zero-order valence-electron chi connectivity index (χ0n) is 13.2. The van der Waals surface area contributed by atoms with E-state index in [9.17, 15) is 0 Å². The maximum absolute atomic E-state index is 5.36. The van der Waals surface area contributed by atoms with E-state index in [-0.39, 0.29) is 0 Å². The van der Waals surface area contributed by atoms with Gasteiger partial charge in [-0.25, -0.2) is 0 Å². The van der Waals surface area contributed by atoms with Crippen molar-refractivity contribution in [3.8, 4) is 0 Å². The van der Waals surface area contributed by atoms with Gasteiger partial charge in [0.2, 0.25) is 0 Å². The standard InChI is InChI=1S/C18H29NO/c1-14(20-3)11-12-17(19-2)13-16-9-6-8-15-7-4-5-10-18(15)16/h4-5,7,10,14,16-17,19H,6,8-9,11-13H2,1-3H3. The van der Waals surface area contributed by atoms with E-state index in [1.165, 1.54) is 32.1 Å². The van der Waals surface area contributed by atoms with Crippen LogP contribution < -0.4 is 5.32 Å². The van der Waals surface area contributed by atoms with E-state index in [1.807, 2.05) is 0 Å². The topological polar surface area (TPSA) is 21.3 Å². The molecule has 1 aromatic rings. The Kier molecular flexibility index (Phi) is 6.06. The third-order valence-corrected chi connectivity index (χ3v) is 4.79. The Morgan fingerprint density at radius 2 is 2.10 bits per heavy atom. The lowest BCUT2D eigenvalue weighted by molar-refractivity contribution is 0.105. The largest absolute Gasteiger partial charge is 0.382 e. The first-order valence-electron chi connectivity index (χ1n) is 8.02. The molecular formula is C18H29NO. The molecule has 0 bridgehead atoms. The van der Waals surface area contributed by atoms with Crippen LogP contribution in [0.2, 0.25) is 0 Å². The highest BCUT2D eigenvalue weighted by molar-refractivity contribution is 5.32. The van der Waals surface area contributed by atoms with Gasteiger partial charge in [-0.05, 0) is 69.5 Å². The van der Waals surface area contributed by atoms with Gasteiger partial charge in [0.25, 0.3) is 0 Å². The minimum Gasteiger partial charge on any atom is -0.382 e. The number of rotatable bonds is 7. The summed E-state index contributed by atoms with van der Waals surface area (Å²) in [5.74, 6) is 0.732. The molecule has 0 fully saturated rings. The quantitative estimate of drug-likeness (QED) is 0.815. The lowest BCUT2D eigenvalue weighted by Gasteiger charge is -2.29. The van der Waals surface area contributed by atoms with Gasteiger partial charge in [0, 0.05) is 13.2 Å². The molecule has 112 valence electrons. The Hall–Kier alpha value is -0.860. The van der Waals surface area contributed by atoms with Crippen molar-refractivity contribution in [3.05, 3.63) is 35.4 Å². The smallest absolute Gasteiger partial charge is 0.0543 e. The van der Waals surface area contributed by atoms with Crippen LogP contribution >= 0.6 is 0 Å². The zero-order valence-corrected chi connectivity index (χ0v) is 13.2. The molecule has 2 heteroatoms. The first-order chi connectivity index (χ1) is 9.74. The fourth-order valence-electron chi connectivity index (χ4n) is 3.38. The second-order valence-electron chi connectivity index (χ2n) is 6.13. The summed E-state index contributed by atoms with van der Waals surface area (Å²) in [5.41, 5.74) is 3.17. The number of fused-ring (bicyclic) bond motifs is 1. The van der Waals surface area contributed by atoms with Gasteiger partial charge in [-0.2, -0.15) is 0 Å². The summed E-state index contributed by atoms with van der Waals surface area (Å²) in [6.07, 6.45) is 7.90. The number of methoxy groups -OCH3 is 1. The van der Waals surface area contributed by atoms with Crippen LogP contribution in [-0.2, 0) is 11.2 Å². The molecule has 0 aliphatic heterocycles. The van der Waals surface area contributed by atoms with Crippen LogP contribution in [0.1, 0.15) is 56.1 Å². The molecular weight excluding hydrogens is 246 g/mol. The van der Waals surface area contributed by atoms with E-state index >= 15 is 0 Å². The molecule has 2 rings (SSSR count). The highest BCUT2D eigenvalue weighted by Gasteiger charge is 2.22. The van der Waals surface area contributed by atoms with Gasteiger partial charge in [0.15, 0.2) is 0 Å². The Bertz CT molecular complexity index is 404. The van der Waals surface area contributed by atoms with Crippen molar-refractivity contribution in [2.45, 2.75) is 63.5 Å². The summed E-state index contributed by atoms with van der Waals surface area (Å²) in [7, 11) is 3.90. The van der Waals surface area contributed by atoms with Crippen molar-refractivity contribution in [1.29, 1.82) is 0 Å². The molecule has 3 atom stereocenters. The molecule has 1 aromatic carbocycles. The van der Waals surface area contributed by atoms with Crippen LogP contribution in [0.4, 0.5) is 0 Å². The van der Waals surface area contributed by atoms with Crippen molar-refractivity contribution in [2.24, 2.45) is 0 Å². The first kappa shape index (κ1) is 15.5. The second kappa shape index (κ2) is 7.80. The van der Waals surface area contributed by atoms with Crippen molar-refractivity contribution in [2.75, 3.05) is 14.2 Å². The number of ether oxygens (including phenoxy) is 1. The molecule has 0 amide bonds. The summed E-state index contributed by atoms with van der Waals surface area (Å²) in [6, 6.07) is 9.62. The van der Waals surface area contributed by atoms with Gasteiger partial charge in [-0.15, -0.1) is 0 Å². The number of hydrogen-bond acceptors (Lipinski definition) is 2. The van der Waals surface area contributed by atoms with Crippen LogP contribution in [0.3, 0.4) is 0 Å². The number of benzene rings is 1. The maximum atomic E-state index is 5.36. The van der Waals surface area contributed by atoms with Crippen LogP contribution in [0.15, 0.2) is 24.3 Å². The predicted octanol–water partition coefficient (Wildman–Crippen LogP) is 3.90. The van der Waals surface area contributed by atoms with Crippen molar-refractivity contribution >= 4 is 0 Å². The van der Waals surface area contributed by atoms with Crippen LogP contribution in [0.25, 0.3) is 0 Å². The van der Waals surface area contributed by atoms with E-state index < -0.39 is 0 Å². The third kappa shape index (κ3) is 4.07. The highest BCUT2D eigenvalue weighted by Crippen LogP contribution is 2.35. The van der Waals surface area contributed by atoms with Crippen molar-refractivity contribution < 1.29 is 4.74 Å². The number of aryl methyl sites for hydroxylation is 1. The number of nitrogens with one attached hydrogen (secondary N) is 1. The average Bonchev–Trinajstić information content (AvgIpc) is 2.51. The lowest BCUT2D eigenvalue weighted by atomic mass is 9.79. The fraction of sp³-hybridized carbons (Fsp3) is 0.667. The minimum atomic E-state index is 0.365. The molecule has 1 N–H and O–H groups in total. The molecule has 1 aliphatic carbocycles. The number of hydrogen-bond donors (Lipinski definition) is 1. The van der Waals surface area contributed by atoms with Crippen LogP contribution in [0.5, 0.6) is 0 Å². The van der Waals surface area contributed by atoms with Gasteiger partial charge in [-0.3, -0.25) is 0 Å². The Balaban J connectivity index is 1.95. The summed E-state index contributed by atoms with van der Waals surface area (Å²) in [4.78, 5) is 0. The van der Waals surface area contributed by atoms with E-state index in [4.69, 9.17) is 4.74 Å². The Morgan fingerprint density at radius 3 is 2.85 bits per heavy atom. The molecule has 0 saturated heterocycles. The average molecular weight is 275 g/mol. The van der Waals surface area contributed by atoms with E-state index in [0.717, 1.165) is 12.3 Å². The summed E-state index contributed by atoms with van der Waals surface area (Å²) in [5, 5.41) is 3.50. The van der Waals surface area contributed by atoms with Gasteiger partial charge in [0.05, 0.1) is 6.10 Å². The molecule has 1 aliphatic rings. The molecule has 20 heavy (non-hydrogen) atoms. The lowest BCUT2D eigenvalue weighted by Crippen LogP contribution is -2.29. The van der Waals surface area contributed by atoms with Crippen LogP contribution in [0, 0.1) is 0 Å². The monoisotopic (exact) mass is 275 g/mol. The molecule has 2 nitrogen and oxygen atoms in total. The van der Waals surface area contributed by atoms with Crippen molar-refractivity contribution in [1.82, 2.24) is 5.32 Å². The van der Waals surface area contributed by atoms with Gasteiger partial charge in [0.1, 0.15) is 0 Å². The zero-order chi connectivity index (χ0) is 14.4. The van der Waals surface area contributed by atoms with E-state index in [2.05, 4.69) is 43.6 Å². The molecule has 0 aromatic heterocycles. The third-order valence-electron chi connectivity index (χ3n) is 4.79. The minimum absolute atomic E-state index is 0.365. The molecule has 0 spiro atoms. The SMILES string of the molecule is CNC(CCC(C)OC)CC1CCCc2ccccc21. The van der Waals surface area contributed by atoms with E-state index in [1.54, 1.807) is 18.2 Å². The van der Waals surface area contributed by atoms with Crippen molar-refractivity contribution in [3.63, 3.8) is 0 Å². The van der Waals surface area contributed by atoms with Gasteiger partial charge < -0.3 is 10.1 Å². The highest BCUT2D eigenvalue weighted by atomic mass is 16.5. The Morgan fingerprint density at radius 1 is 1.30 bits per heavy atom. The second-order valence-corrected chi connectivity index (χ2v) is 6.13. The summed E-state index contributed by atoms with van der Waals surface area (Å²) < 4.78 is 5.36. The Labute approximate surface area is 123 Å². The molecule has 0 heterocycles. The molecule has 3 unspecified atom stereocenters. The maximum Gasteiger partial charge on any atom is 0.0543 e. The predicted molar refractivity (Wildman–Crippen MR) is 85.3 cm³/mol. The fourth-order valence-corrected chi connectivity index (χ4v) is 3.38. The van der Waals surface area contributed by atoms with Gasteiger partial charge >= 0.3 is 0 Å². The van der Waals surface area contributed by atoms with Crippen LogP contribution in [-0.4, -0.2) is 26.3 Å². The molecule has 0 radical (unpaired) electrons. The summed E-state index contributed by atoms with van der Waals surface area (Å²) in [6.45, 7) is 2.16. The normalized spacial score (nSPS) is 21.2. The summed E-state index contributed by atoms with van der Waals surface area (Å²) >= 11 is 0. The van der Waals surface area contributed by atoms with E-state index in [0.29, 0.717) is 12.1 Å². The van der Waals surface area contributed by atoms with Gasteiger partial charge in [-0.1, -0.05) is 24.3 Å². The molecule has 0 saturated carbocycles.